The van der Waals surface area contributed by atoms with E-state index >= 15 is 0 Å². The van der Waals surface area contributed by atoms with Crippen LogP contribution in [-0.2, 0) is 6.54 Å². The molecule has 1 aromatic rings. The van der Waals surface area contributed by atoms with Crippen LogP contribution in [0.3, 0.4) is 0 Å². The molecule has 96 valence electrons. The fraction of sp³-hybridized carbons (Fsp3) is 0.769. The number of hydrogen-bond donors (Lipinski definition) is 1. The van der Waals surface area contributed by atoms with Gasteiger partial charge in [-0.3, -0.25) is 0 Å². The number of nitrogens with zero attached hydrogens (tertiary/aromatic N) is 3. The van der Waals surface area contributed by atoms with Gasteiger partial charge < -0.3 is 14.8 Å². The average molecular weight is 236 g/mol. The molecule has 0 spiro atoms. The van der Waals surface area contributed by atoms with Crippen LogP contribution in [0.15, 0.2) is 6.20 Å². The lowest BCUT2D eigenvalue weighted by atomic mass is 10.1. The Bertz CT molecular complexity index is 369. The molecule has 1 aromatic heterocycles. The summed E-state index contributed by atoms with van der Waals surface area (Å²) < 4.78 is 2.28. The molecule has 0 aromatic carbocycles. The first-order valence-electron chi connectivity index (χ1n) is 6.53. The molecule has 1 saturated heterocycles. The number of hydrogen-bond acceptors (Lipinski definition) is 3. The highest BCUT2D eigenvalue weighted by molar-refractivity contribution is 5.29. The van der Waals surface area contributed by atoms with Crippen LogP contribution in [0.5, 0.6) is 0 Å². The smallest absolute Gasteiger partial charge is 0.203 e. The Kier molecular flexibility index (Phi) is 3.72. The summed E-state index contributed by atoms with van der Waals surface area (Å²) in [6.45, 7) is 9.88. The van der Waals surface area contributed by atoms with Gasteiger partial charge in [-0.15, -0.1) is 0 Å². The van der Waals surface area contributed by atoms with Crippen molar-refractivity contribution in [3.8, 4) is 0 Å². The first kappa shape index (κ1) is 12.4. The van der Waals surface area contributed by atoms with Crippen molar-refractivity contribution >= 4 is 5.95 Å². The molecule has 1 aliphatic heterocycles. The summed E-state index contributed by atoms with van der Waals surface area (Å²) in [6.07, 6.45) is 3.46. The van der Waals surface area contributed by atoms with E-state index in [2.05, 4.69) is 53.8 Å². The summed E-state index contributed by atoms with van der Waals surface area (Å²) >= 11 is 0. The normalized spacial score (nSPS) is 21.4. The minimum Gasteiger partial charge on any atom is -0.353 e. The van der Waals surface area contributed by atoms with Gasteiger partial charge in [0.15, 0.2) is 0 Å². The second kappa shape index (κ2) is 5.08. The summed E-state index contributed by atoms with van der Waals surface area (Å²) in [4.78, 5) is 6.96. The van der Waals surface area contributed by atoms with Gasteiger partial charge in [0.2, 0.25) is 5.95 Å². The van der Waals surface area contributed by atoms with Crippen molar-refractivity contribution < 1.29 is 0 Å². The molecule has 0 aliphatic carbocycles. The molecule has 0 amide bonds. The topological polar surface area (TPSA) is 33.1 Å². The van der Waals surface area contributed by atoms with Crippen LogP contribution in [0.1, 0.15) is 26.0 Å². The molecule has 2 heterocycles. The molecule has 0 saturated carbocycles. The molecule has 17 heavy (non-hydrogen) atoms. The summed E-state index contributed by atoms with van der Waals surface area (Å²) in [5.74, 6) is 1.79. The molecule has 4 heteroatoms. The monoisotopic (exact) mass is 236 g/mol. The van der Waals surface area contributed by atoms with Crippen molar-refractivity contribution in [1.82, 2.24) is 14.5 Å². The SMILES string of the molecule is Cc1cn(CC2CCN(C)C2)c(NC(C)C)n1. The van der Waals surface area contributed by atoms with Crippen molar-refractivity contribution in [3.63, 3.8) is 0 Å². The summed E-state index contributed by atoms with van der Waals surface area (Å²) in [7, 11) is 2.20. The Hall–Kier alpha value is -1.03. The molecule has 1 aliphatic rings. The summed E-state index contributed by atoms with van der Waals surface area (Å²) in [6, 6.07) is 0.432. The second-order valence-corrected chi connectivity index (χ2v) is 5.57. The number of imidazole rings is 1. The minimum absolute atomic E-state index is 0.432. The predicted octanol–water partition coefficient (Wildman–Crippen LogP) is 1.96. The van der Waals surface area contributed by atoms with Gasteiger partial charge >= 0.3 is 0 Å². The molecule has 1 atom stereocenters. The van der Waals surface area contributed by atoms with E-state index in [4.69, 9.17) is 0 Å². The number of likely N-dealkylation sites (tertiary alicyclic amines) is 1. The molecular formula is C13H24N4. The second-order valence-electron chi connectivity index (χ2n) is 5.57. The van der Waals surface area contributed by atoms with Crippen LogP contribution >= 0.6 is 0 Å². The van der Waals surface area contributed by atoms with Gasteiger partial charge in [0.05, 0.1) is 5.69 Å². The highest BCUT2D eigenvalue weighted by Crippen LogP contribution is 2.19. The summed E-state index contributed by atoms with van der Waals surface area (Å²) in [5, 5.41) is 3.42. The van der Waals surface area contributed by atoms with E-state index in [1.54, 1.807) is 0 Å². The van der Waals surface area contributed by atoms with Crippen molar-refractivity contribution in [2.45, 2.75) is 39.8 Å². The van der Waals surface area contributed by atoms with Crippen LogP contribution < -0.4 is 5.32 Å². The molecule has 1 unspecified atom stereocenters. The largest absolute Gasteiger partial charge is 0.353 e. The maximum atomic E-state index is 4.55. The Morgan fingerprint density at radius 2 is 2.29 bits per heavy atom. The zero-order valence-corrected chi connectivity index (χ0v) is 11.4. The van der Waals surface area contributed by atoms with Crippen LogP contribution in [0.2, 0.25) is 0 Å². The van der Waals surface area contributed by atoms with Crippen LogP contribution in [0, 0.1) is 12.8 Å². The van der Waals surface area contributed by atoms with Crippen LogP contribution in [0.4, 0.5) is 5.95 Å². The van der Waals surface area contributed by atoms with Crippen molar-refractivity contribution in [1.29, 1.82) is 0 Å². The lowest BCUT2D eigenvalue weighted by Gasteiger charge is -2.15. The van der Waals surface area contributed by atoms with Gasteiger partial charge in [-0.25, -0.2) is 4.98 Å². The lowest BCUT2D eigenvalue weighted by molar-refractivity contribution is 0.378. The Morgan fingerprint density at radius 1 is 1.53 bits per heavy atom. The predicted molar refractivity (Wildman–Crippen MR) is 71.3 cm³/mol. The highest BCUT2D eigenvalue weighted by atomic mass is 15.2. The molecule has 0 bridgehead atoms. The number of anilines is 1. The van der Waals surface area contributed by atoms with Crippen LogP contribution in [-0.4, -0.2) is 40.6 Å². The quantitative estimate of drug-likeness (QED) is 0.867. The maximum absolute atomic E-state index is 4.55. The van der Waals surface area contributed by atoms with E-state index in [0.717, 1.165) is 24.1 Å². The minimum atomic E-state index is 0.432. The van der Waals surface area contributed by atoms with Crippen molar-refractivity contribution in [2.24, 2.45) is 5.92 Å². The highest BCUT2D eigenvalue weighted by Gasteiger charge is 2.21. The third-order valence-corrected chi connectivity index (χ3v) is 3.26. The standard InChI is InChI=1S/C13H24N4/c1-10(2)14-13-15-11(3)7-17(13)9-12-5-6-16(4)8-12/h7,10,12H,5-6,8-9H2,1-4H3,(H,14,15). The van der Waals surface area contributed by atoms with Crippen molar-refractivity contribution in [2.75, 3.05) is 25.5 Å². The Morgan fingerprint density at radius 3 is 2.88 bits per heavy atom. The fourth-order valence-corrected chi connectivity index (χ4v) is 2.51. The third kappa shape index (κ3) is 3.22. The zero-order chi connectivity index (χ0) is 12.4. The number of nitrogens with one attached hydrogen (secondary N) is 1. The van der Waals surface area contributed by atoms with E-state index in [9.17, 15) is 0 Å². The van der Waals surface area contributed by atoms with E-state index < -0.39 is 0 Å². The van der Waals surface area contributed by atoms with Gasteiger partial charge in [0.1, 0.15) is 0 Å². The van der Waals surface area contributed by atoms with E-state index in [1.807, 2.05) is 0 Å². The van der Waals surface area contributed by atoms with Gasteiger partial charge in [-0.2, -0.15) is 0 Å². The van der Waals surface area contributed by atoms with E-state index in [0.29, 0.717) is 6.04 Å². The fourth-order valence-electron chi connectivity index (χ4n) is 2.51. The van der Waals surface area contributed by atoms with Gasteiger partial charge in [-0.1, -0.05) is 0 Å². The van der Waals surface area contributed by atoms with Crippen LogP contribution in [0.25, 0.3) is 0 Å². The Balaban J connectivity index is 2.04. The molecule has 2 rings (SSSR count). The molecule has 4 nitrogen and oxygen atoms in total. The van der Waals surface area contributed by atoms with E-state index in [1.165, 1.54) is 19.5 Å². The van der Waals surface area contributed by atoms with Crippen molar-refractivity contribution in [3.05, 3.63) is 11.9 Å². The zero-order valence-electron chi connectivity index (χ0n) is 11.4. The van der Waals surface area contributed by atoms with Gasteiger partial charge in [-0.05, 0) is 46.7 Å². The van der Waals surface area contributed by atoms with Gasteiger partial charge in [0.25, 0.3) is 0 Å². The third-order valence-electron chi connectivity index (χ3n) is 3.26. The molecular weight excluding hydrogens is 212 g/mol. The molecule has 1 N–H and O–H groups in total. The average Bonchev–Trinajstić information content (AvgIpc) is 2.74. The molecule has 1 fully saturated rings. The maximum Gasteiger partial charge on any atom is 0.203 e. The number of rotatable bonds is 4. The first-order chi connectivity index (χ1) is 8.04. The van der Waals surface area contributed by atoms with E-state index in [-0.39, 0.29) is 0 Å². The number of aromatic nitrogens is 2. The Labute approximate surface area is 104 Å². The number of aryl methyl sites for hydroxylation is 1. The summed E-state index contributed by atoms with van der Waals surface area (Å²) in [5.41, 5.74) is 1.10. The van der Waals surface area contributed by atoms with Gasteiger partial charge in [0, 0.05) is 25.3 Å². The molecule has 0 radical (unpaired) electrons. The lowest BCUT2D eigenvalue weighted by Crippen LogP contribution is -2.19. The first-order valence-corrected chi connectivity index (χ1v) is 6.53.